The lowest BCUT2D eigenvalue weighted by Crippen LogP contribution is -2.44. The molecule has 30 heavy (non-hydrogen) atoms. The van der Waals surface area contributed by atoms with Crippen LogP contribution in [0.2, 0.25) is 0 Å². The summed E-state index contributed by atoms with van der Waals surface area (Å²) in [7, 11) is 1.62. The number of hydrogen-bond donors (Lipinski definition) is 3. The first kappa shape index (κ1) is 26.5. The highest BCUT2D eigenvalue weighted by molar-refractivity contribution is 14.0. The van der Waals surface area contributed by atoms with Crippen LogP contribution in [0.3, 0.4) is 0 Å². The molecule has 1 aromatic rings. The van der Waals surface area contributed by atoms with Gasteiger partial charge in [-0.1, -0.05) is 19.1 Å². The molecular weight excluding hydrogens is 510 g/mol. The summed E-state index contributed by atoms with van der Waals surface area (Å²) in [5.41, 5.74) is 1.50. The third-order valence-corrected chi connectivity index (χ3v) is 4.88. The molecule has 1 aliphatic heterocycles. The lowest BCUT2D eigenvalue weighted by atomic mass is 10.1. The number of rotatable bonds is 7. The van der Waals surface area contributed by atoms with Crippen LogP contribution < -0.4 is 16.0 Å². The number of guanidine groups is 1. The summed E-state index contributed by atoms with van der Waals surface area (Å²) in [5, 5.41) is 9.27. The third-order valence-electron chi connectivity index (χ3n) is 4.88. The molecule has 6 nitrogen and oxygen atoms in total. The van der Waals surface area contributed by atoms with E-state index < -0.39 is 12.7 Å². The van der Waals surface area contributed by atoms with E-state index in [0.717, 1.165) is 12.0 Å². The van der Waals surface area contributed by atoms with Gasteiger partial charge in [0.25, 0.3) is 5.91 Å². The maximum atomic E-state index is 12.5. The normalized spacial score (nSPS) is 18.5. The number of amides is 1. The Morgan fingerprint density at radius 3 is 2.73 bits per heavy atom. The van der Waals surface area contributed by atoms with E-state index in [0.29, 0.717) is 37.6 Å². The number of alkyl halides is 3. The second kappa shape index (κ2) is 12.3. The number of carbonyl (C=O) groups excluding carboxylic acids is 1. The summed E-state index contributed by atoms with van der Waals surface area (Å²) < 4.78 is 37.6. The minimum absolute atomic E-state index is 0. The fourth-order valence-corrected chi connectivity index (χ4v) is 3.15. The molecule has 1 aliphatic rings. The molecule has 1 amide bonds. The van der Waals surface area contributed by atoms with Gasteiger partial charge in [-0.15, -0.1) is 24.0 Å². The van der Waals surface area contributed by atoms with E-state index in [-0.39, 0.29) is 42.0 Å². The van der Waals surface area contributed by atoms with Crippen LogP contribution in [0.4, 0.5) is 13.2 Å². The minimum Gasteiger partial charge on any atom is -0.352 e. The molecule has 2 rings (SSSR count). The highest BCUT2D eigenvalue weighted by Crippen LogP contribution is 2.19. The fraction of sp³-hybridized carbons (Fsp3) is 0.600. The maximum Gasteiger partial charge on any atom is 0.401 e. The molecule has 2 atom stereocenters. The first-order valence-electron chi connectivity index (χ1n) is 9.86. The number of nitrogens with zero attached hydrogens (tertiary/aromatic N) is 2. The van der Waals surface area contributed by atoms with E-state index in [2.05, 4.69) is 20.9 Å². The molecule has 0 radical (unpaired) electrons. The van der Waals surface area contributed by atoms with Crippen molar-refractivity contribution >= 4 is 35.8 Å². The van der Waals surface area contributed by atoms with Crippen molar-refractivity contribution in [3.05, 3.63) is 35.4 Å². The Labute approximate surface area is 193 Å². The number of carbonyl (C=O) groups is 1. The summed E-state index contributed by atoms with van der Waals surface area (Å²) in [5.74, 6) is 0.415. The van der Waals surface area contributed by atoms with Crippen molar-refractivity contribution in [1.29, 1.82) is 0 Å². The molecule has 3 N–H and O–H groups in total. The number of aliphatic imine (C=N–C) groups is 1. The Morgan fingerprint density at radius 2 is 2.10 bits per heavy atom. The van der Waals surface area contributed by atoms with E-state index in [4.69, 9.17) is 0 Å². The Bertz CT molecular complexity index is 714. The van der Waals surface area contributed by atoms with Gasteiger partial charge in [0.05, 0.1) is 6.54 Å². The highest BCUT2D eigenvalue weighted by atomic mass is 127. The minimum atomic E-state index is -4.18. The average molecular weight is 541 g/mol. The van der Waals surface area contributed by atoms with Crippen LogP contribution >= 0.6 is 24.0 Å². The molecule has 170 valence electrons. The van der Waals surface area contributed by atoms with Crippen molar-refractivity contribution in [1.82, 2.24) is 20.9 Å². The molecule has 0 aromatic heterocycles. The van der Waals surface area contributed by atoms with Gasteiger partial charge in [0.2, 0.25) is 0 Å². The van der Waals surface area contributed by atoms with Gasteiger partial charge in [-0.2, -0.15) is 13.2 Å². The molecule has 0 bridgehead atoms. The van der Waals surface area contributed by atoms with Crippen molar-refractivity contribution < 1.29 is 18.0 Å². The van der Waals surface area contributed by atoms with Gasteiger partial charge in [-0.3, -0.25) is 14.7 Å². The van der Waals surface area contributed by atoms with Gasteiger partial charge in [0.1, 0.15) is 0 Å². The van der Waals surface area contributed by atoms with Crippen LogP contribution in [0.15, 0.2) is 29.3 Å². The van der Waals surface area contributed by atoms with Gasteiger partial charge in [0, 0.05) is 44.3 Å². The first-order valence-corrected chi connectivity index (χ1v) is 9.86. The second-order valence-electron chi connectivity index (χ2n) is 7.39. The zero-order chi connectivity index (χ0) is 21.4. The topological polar surface area (TPSA) is 68.8 Å². The lowest BCUT2D eigenvalue weighted by Gasteiger charge is -2.20. The van der Waals surface area contributed by atoms with Crippen LogP contribution in [0, 0.1) is 0 Å². The molecule has 0 spiro atoms. The highest BCUT2D eigenvalue weighted by Gasteiger charge is 2.34. The Balaban J connectivity index is 0.00000450. The van der Waals surface area contributed by atoms with E-state index >= 15 is 0 Å². The zero-order valence-corrected chi connectivity index (χ0v) is 19.9. The molecule has 0 saturated carbocycles. The number of nitrogens with one attached hydrogen (secondary N) is 3. The van der Waals surface area contributed by atoms with Crippen LogP contribution in [-0.2, 0) is 6.54 Å². The maximum absolute atomic E-state index is 12.5. The first-order chi connectivity index (χ1) is 13.7. The van der Waals surface area contributed by atoms with Crippen molar-refractivity contribution in [2.75, 3.05) is 26.7 Å². The molecule has 1 saturated heterocycles. The van der Waals surface area contributed by atoms with Gasteiger partial charge < -0.3 is 16.0 Å². The predicted octanol–water partition coefficient (Wildman–Crippen LogP) is 3.13. The zero-order valence-electron chi connectivity index (χ0n) is 17.6. The van der Waals surface area contributed by atoms with E-state index in [9.17, 15) is 18.0 Å². The summed E-state index contributed by atoms with van der Waals surface area (Å²) in [6, 6.07) is 7.33. The standard InChI is InChI=1S/C20H30F3N5O.HI/c1-4-14(2)26-18(29)16-7-5-6-15(10-16)11-25-19(24-3)27-17-8-9-28(12-17)13-20(21,22)23;/h5-7,10,14,17H,4,8-9,11-13H2,1-3H3,(H,26,29)(H2,24,25,27);1H. The molecular formula is C20H31F3IN5O. The van der Waals surface area contributed by atoms with Gasteiger partial charge in [-0.05, 0) is 37.5 Å². The average Bonchev–Trinajstić information content (AvgIpc) is 3.10. The summed E-state index contributed by atoms with van der Waals surface area (Å²) in [6.07, 6.45) is -2.69. The molecule has 1 fully saturated rings. The Kier molecular flexibility index (Phi) is 10.9. The van der Waals surface area contributed by atoms with Crippen molar-refractivity contribution in [2.24, 2.45) is 4.99 Å². The van der Waals surface area contributed by atoms with Gasteiger partial charge in [-0.25, -0.2) is 0 Å². The number of hydrogen-bond acceptors (Lipinski definition) is 3. The lowest BCUT2D eigenvalue weighted by molar-refractivity contribution is -0.143. The SMILES string of the molecule is CCC(C)NC(=O)c1cccc(CNC(=NC)NC2CCN(CC(F)(F)F)C2)c1.I. The molecule has 0 aliphatic carbocycles. The predicted molar refractivity (Wildman–Crippen MR) is 123 cm³/mol. The van der Waals surface area contributed by atoms with Gasteiger partial charge in [0.15, 0.2) is 5.96 Å². The Morgan fingerprint density at radius 1 is 1.37 bits per heavy atom. The molecule has 1 heterocycles. The summed E-state index contributed by atoms with van der Waals surface area (Å²) in [4.78, 5) is 17.8. The van der Waals surface area contributed by atoms with Crippen molar-refractivity contribution in [3.63, 3.8) is 0 Å². The van der Waals surface area contributed by atoms with Crippen LogP contribution in [0.25, 0.3) is 0 Å². The Hall–Kier alpha value is -1.56. The molecule has 1 aromatic carbocycles. The largest absolute Gasteiger partial charge is 0.401 e. The summed E-state index contributed by atoms with van der Waals surface area (Å²) >= 11 is 0. The van der Waals surface area contributed by atoms with Crippen molar-refractivity contribution in [2.45, 2.75) is 51.5 Å². The third kappa shape index (κ3) is 9.07. The number of likely N-dealkylation sites (tertiary alicyclic amines) is 1. The van der Waals surface area contributed by atoms with E-state index in [1.54, 1.807) is 13.1 Å². The monoisotopic (exact) mass is 541 g/mol. The van der Waals surface area contributed by atoms with Gasteiger partial charge >= 0.3 is 6.18 Å². The van der Waals surface area contributed by atoms with Crippen LogP contribution in [0.5, 0.6) is 0 Å². The summed E-state index contributed by atoms with van der Waals surface area (Å²) in [6.45, 7) is 4.26. The van der Waals surface area contributed by atoms with Crippen LogP contribution in [-0.4, -0.2) is 61.7 Å². The second-order valence-corrected chi connectivity index (χ2v) is 7.39. The quantitative estimate of drug-likeness (QED) is 0.282. The van der Waals surface area contributed by atoms with E-state index in [1.165, 1.54) is 4.90 Å². The molecule has 2 unspecified atom stereocenters. The van der Waals surface area contributed by atoms with E-state index in [1.807, 2.05) is 32.0 Å². The number of benzene rings is 1. The molecule has 10 heteroatoms. The van der Waals surface area contributed by atoms with Crippen LogP contribution in [0.1, 0.15) is 42.6 Å². The van der Waals surface area contributed by atoms with Crippen molar-refractivity contribution in [3.8, 4) is 0 Å². The smallest absolute Gasteiger partial charge is 0.352 e. The fourth-order valence-electron chi connectivity index (χ4n) is 3.15. The number of halogens is 4.